The molecule has 0 saturated carbocycles. The van der Waals surface area contributed by atoms with E-state index >= 15 is 0 Å². The molecule has 0 amide bonds. The van der Waals surface area contributed by atoms with Gasteiger partial charge in [0.1, 0.15) is 0 Å². The lowest BCUT2D eigenvalue weighted by Gasteiger charge is -2.03. The Morgan fingerprint density at radius 3 is 2.50 bits per heavy atom. The molecular weight excluding hydrogens is 346 g/mol. The average Bonchev–Trinajstić information content (AvgIpc) is 3.11. The fraction of sp³-hybridized carbons (Fsp3) is 0. The van der Waals surface area contributed by atoms with Crippen LogP contribution >= 0.6 is 11.3 Å². The number of ketones is 1. The molecule has 0 saturated heterocycles. The topological polar surface area (TPSA) is 64.3 Å². The van der Waals surface area contributed by atoms with Crippen LogP contribution in [0.25, 0.3) is 26.6 Å². The number of fused-ring (bicyclic) bond motifs is 4. The maximum Gasteiger partial charge on any atom is 0.281 e. The lowest BCUT2D eigenvalue weighted by Crippen LogP contribution is -2.09. The Hall–Kier alpha value is -3.38. The Bertz CT molecular complexity index is 1380. The first-order valence-electron chi connectivity index (χ1n) is 8.03. The molecular formula is C20H11N3O2S. The van der Waals surface area contributed by atoms with Crippen molar-refractivity contribution in [3.63, 3.8) is 0 Å². The molecule has 26 heavy (non-hydrogen) atoms. The second-order valence-electron chi connectivity index (χ2n) is 5.89. The predicted octanol–water partition coefficient (Wildman–Crippen LogP) is 3.69. The van der Waals surface area contributed by atoms with E-state index in [0.717, 1.165) is 22.1 Å². The maximum absolute atomic E-state index is 13.1. The molecule has 2 heterocycles. The number of para-hydroxylation sites is 1. The van der Waals surface area contributed by atoms with E-state index in [1.54, 1.807) is 28.8 Å². The summed E-state index contributed by atoms with van der Waals surface area (Å²) in [6, 6.07) is 20.5. The van der Waals surface area contributed by atoms with Crippen molar-refractivity contribution in [2.45, 2.75) is 0 Å². The Kier molecular flexibility index (Phi) is 3.20. The van der Waals surface area contributed by atoms with E-state index in [4.69, 9.17) is 0 Å². The lowest BCUT2D eigenvalue weighted by atomic mass is 10.0. The van der Waals surface area contributed by atoms with Crippen LogP contribution in [0.4, 0.5) is 0 Å². The standard InChI is InChI=1S/C20H11N3O2S/c24-17(14-10-5-7-12-6-1-2-8-13(12)14)19-22-23-16-11-4-3-9-15(16)18(25)21-20(23)26-19/h1-11H. The molecule has 0 radical (unpaired) electrons. The minimum Gasteiger partial charge on any atom is -0.286 e. The highest BCUT2D eigenvalue weighted by Gasteiger charge is 2.19. The Labute approximate surface area is 151 Å². The molecule has 2 aromatic heterocycles. The van der Waals surface area contributed by atoms with Gasteiger partial charge in [-0.05, 0) is 22.9 Å². The minimum atomic E-state index is -0.312. The van der Waals surface area contributed by atoms with Gasteiger partial charge in [0, 0.05) is 5.56 Å². The van der Waals surface area contributed by atoms with Gasteiger partial charge >= 0.3 is 0 Å². The van der Waals surface area contributed by atoms with Crippen molar-refractivity contribution in [3.05, 3.63) is 87.7 Å². The normalized spacial score (nSPS) is 11.4. The van der Waals surface area contributed by atoms with Crippen molar-refractivity contribution in [1.82, 2.24) is 14.6 Å². The van der Waals surface area contributed by atoms with Crippen LogP contribution in [-0.4, -0.2) is 20.4 Å². The Morgan fingerprint density at radius 1 is 0.885 bits per heavy atom. The predicted molar refractivity (Wildman–Crippen MR) is 102 cm³/mol. The summed E-state index contributed by atoms with van der Waals surface area (Å²) < 4.78 is 1.57. The van der Waals surface area contributed by atoms with Gasteiger partial charge in [0.15, 0.2) is 5.01 Å². The first kappa shape index (κ1) is 14.9. The van der Waals surface area contributed by atoms with Crippen molar-refractivity contribution in [2.24, 2.45) is 0 Å². The van der Waals surface area contributed by atoms with Crippen LogP contribution in [-0.2, 0) is 0 Å². The molecule has 0 aliphatic rings. The number of hydrogen-bond donors (Lipinski definition) is 0. The van der Waals surface area contributed by atoms with Gasteiger partial charge in [0.25, 0.3) is 5.56 Å². The summed E-state index contributed by atoms with van der Waals surface area (Å²) in [5.74, 6) is -0.172. The number of hydrogen-bond acceptors (Lipinski definition) is 5. The van der Waals surface area contributed by atoms with Gasteiger partial charge in [0.05, 0.1) is 10.9 Å². The second-order valence-corrected chi connectivity index (χ2v) is 6.85. The van der Waals surface area contributed by atoms with E-state index in [2.05, 4.69) is 10.1 Å². The molecule has 0 atom stereocenters. The van der Waals surface area contributed by atoms with Crippen molar-refractivity contribution in [2.75, 3.05) is 0 Å². The fourth-order valence-corrected chi connectivity index (χ4v) is 3.98. The first-order valence-corrected chi connectivity index (χ1v) is 8.85. The summed E-state index contributed by atoms with van der Waals surface area (Å²) >= 11 is 1.13. The summed E-state index contributed by atoms with van der Waals surface area (Å²) in [7, 11) is 0. The third kappa shape index (κ3) is 2.16. The molecule has 0 spiro atoms. The third-order valence-electron chi connectivity index (χ3n) is 4.35. The number of rotatable bonds is 2. The van der Waals surface area contributed by atoms with E-state index in [-0.39, 0.29) is 11.3 Å². The van der Waals surface area contributed by atoms with Crippen LogP contribution in [0.5, 0.6) is 0 Å². The molecule has 0 N–H and O–H groups in total. The SMILES string of the molecule is O=C(c1nn2c(nc(=O)c3ccccc32)s1)c1cccc2ccccc12. The van der Waals surface area contributed by atoms with Crippen molar-refractivity contribution < 1.29 is 4.79 Å². The quantitative estimate of drug-likeness (QED) is 0.452. The van der Waals surface area contributed by atoms with Crippen LogP contribution in [0.2, 0.25) is 0 Å². The molecule has 124 valence electrons. The van der Waals surface area contributed by atoms with Gasteiger partial charge < -0.3 is 0 Å². The summed E-state index contributed by atoms with van der Waals surface area (Å²) in [6.07, 6.45) is 0. The van der Waals surface area contributed by atoms with Crippen LogP contribution in [0.1, 0.15) is 15.4 Å². The molecule has 0 fully saturated rings. The van der Waals surface area contributed by atoms with E-state index in [1.165, 1.54) is 0 Å². The fourth-order valence-electron chi connectivity index (χ4n) is 3.13. The van der Waals surface area contributed by atoms with Crippen LogP contribution < -0.4 is 5.56 Å². The van der Waals surface area contributed by atoms with E-state index in [1.807, 2.05) is 42.5 Å². The molecule has 5 rings (SSSR count). The molecule has 0 bridgehead atoms. The lowest BCUT2D eigenvalue weighted by molar-refractivity contribution is 0.103. The van der Waals surface area contributed by atoms with E-state index in [0.29, 0.717) is 26.4 Å². The zero-order valence-corrected chi connectivity index (χ0v) is 14.2. The van der Waals surface area contributed by atoms with Gasteiger partial charge in [-0.25, -0.2) is 4.52 Å². The molecule has 3 aromatic carbocycles. The molecule has 0 aliphatic carbocycles. The summed E-state index contributed by atoms with van der Waals surface area (Å²) in [6.45, 7) is 0. The van der Waals surface area contributed by atoms with Gasteiger partial charge in [-0.3, -0.25) is 9.59 Å². The zero-order chi connectivity index (χ0) is 17.7. The molecule has 0 unspecified atom stereocenters. The van der Waals surface area contributed by atoms with Crippen LogP contribution in [0.15, 0.2) is 71.5 Å². The van der Waals surface area contributed by atoms with Gasteiger partial charge in [-0.1, -0.05) is 65.9 Å². The molecule has 0 aliphatic heterocycles. The zero-order valence-electron chi connectivity index (χ0n) is 13.4. The highest BCUT2D eigenvalue weighted by molar-refractivity contribution is 7.18. The highest BCUT2D eigenvalue weighted by atomic mass is 32.1. The monoisotopic (exact) mass is 357 g/mol. The number of aromatic nitrogens is 3. The van der Waals surface area contributed by atoms with Gasteiger partial charge in [-0.15, -0.1) is 0 Å². The van der Waals surface area contributed by atoms with Crippen LogP contribution in [0.3, 0.4) is 0 Å². The number of carbonyl (C=O) groups excluding carboxylic acids is 1. The first-order chi connectivity index (χ1) is 12.7. The highest BCUT2D eigenvalue weighted by Crippen LogP contribution is 2.24. The Morgan fingerprint density at radius 2 is 1.62 bits per heavy atom. The van der Waals surface area contributed by atoms with Crippen molar-refractivity contribution in [3.8, 4) is 0 Å². The number of carbonyl (C=O) groups is 1. The average molecular weight is 357 g/mol. The molecule has 5 nitrogen and oxygen atoms in total. The van der Waals surface area contributed by atoms with Gasteiger partial charge in [-0.2, -0.15) is 10.1 Å². The van der Waals surface area contributed by atoms with Crippen molar-refractivity contribution >= 4 is 43.8 Å². The van der Waals surface area contributed by atoms with Gasteiger partial charge in [0.2, 0.25) is 10.7 Å². The number of benzene rings is 3. The summed E-state index contributed by atoms with van der Waals surface area (Å²) in [5.41, 5.74) is 0.929. The molecule has 5 aromatic rings. The number of nitrogens with zero attached hydrogens (tertiary/aromatic N) is 3. The third-order valence-corrected chi connectivity index (χ3v) is 5.26. The van der Waals surface area contributed by atoms with E-state index in [9.17, 15) is 9.59 Å². The smallest absolute Gasteiger partial charge is 0.281 e. The maximum atomic E-state index is 13.1. The van der Waals surface area contributed by atoms with Crippen LogP contribution in [0, 0.1) is 0 Å². The molecule has 6 heteroatoms. The largest absolute Gasteiger partial charge is 0.286 e. The Balaban J connectivity index is 1.75. The summed E-state index contributed by atoms with van der Waals surface area (Å²) in [4.78, 5) is 29.8. The second kappa shape index (κ2) is 5.57. The summed E-state index contributed by atoms with van der Waals surface area (Å²) in [5, 5.41) is 7.12. The van der Waals surface area contributed by atoms with E-state index < -0.39 is 0 Å². The van der Waals surface area contributed by atoms with Crippen molar-refractivity contribution in [1.29, 1.82) is 0 Å². The minimum absolute atomic E-state index is 0.172.